The van der Waals surface area contributed by atoms with Crippen LogP contribution in [0.1, 0.15) is 64.7 Å². The molecule has 0 radical (unpaired) electrons. The summed E-state index contributed by atoms with van der Waals surface area (Å²) in [5.74, 6) is -0.673. The SMILES string of the molecule is CCCCCC(O)C=CC=CCC=CCC=CCCCC(=O)NCCS(=O)(=O)O. The Kier molecular flexibility index (Phi) is 17.3. The molecule has 0 aromatic rings. The molecule has 1 unspecified atom stereocenters. The van der Waals surface area contributed by atoms with Gasteiger partial charge in [-0.2, -0.15) is 8.42 Å². The van der Waals surface area contributed by atoms with Crippen molar-refractivity contribution in [1.29, 1.82) is 0 Å². The van der Waals surface area contributed by atoms with Crippen molar-refractivity contribution in [1.82, 2.24) is 5.32 Å². The van der Waals surface area contributed by atoms with Crippen molar-refractivity contribution in [3.8, 4) is 0 Å². The van der Waals surface area contributed by atoms with E-state index in [1.165, 1.54) is 0 Å². The van der Waals surface area contributed by atoms with Gasteiger partial charge in [0.25, 0.3) is 10.1 Å². The van der Waals surface area contributed by atoms with Gasteiger partial charge in [-0.1, -0.05) is 74.8 Å². The van der Waals surface area contributed by atoms with Crippen molar-refractivity contribution in [2.75, 3.05) is 12.3 Å². The molecule has 0 aliphatic rings. The highest BCUT2D eigenvalue weighted by molar-refractivity contribution is 7.85. The molecule has 0 aromatic carbocycles. The zero-order valence-corrected chi connectivity index (χ0v) is 18.3. The Bertz CT molecular complexity index is 636. The average molecular weight is 428 g/mol. The maximum absolute atomic E-state index is 11.5. The first-order valence-electron chi connectivity index (χ1n) is 10.4. The zero-order chi connectivity index (χ0) is 21.8. The highest BCUT2D eigenvalue weighted by Gasteiger charge is 2.05. The number of nitrogens with one attached hydrogen (secondary N) is 1. The molecule has 0 saturated carbocycles. The number of aliphatic hydroxyl groups is 1. The standard InChI is InChI=1S/C22H37NO5S/c1-2-3-13-16-21(24)17-14-11-9-7-5-4-6-8-10-12-15-18-22(25)23-19-20-29(26,27)28/h4-5,8-11,14,17,21,24H,2-3,6-7,12-13,15-16,18-20H2,1H3,(H,23,25)(H,26,27,28). The molecule has 0 bridgehead atoms. The second kappa shape index (κ2) is 18.3. The predicted molar refractivity (Wildman–Crippen MR) is 119 cm³/mol. The third-order valence-corrected chi connectivity index (χ3v) is 4.74. The van der Waals surface area contributed by atoms with E-state index >= 15 is 0 Å². The Morgan fingerprint density at radius 1 is 1.00 bits per heavy atom. The van der Waals surface area contributed by atoms with Crippen LogP contribution >= 0.6 is 0 Å². The maximum Gasteiger partial charge on any atom is 0.266 e. The summed E-state index contributed by atoms with van der Waals surface area (Å²) in [5.41, 5.74) is 0. The first-order chi connectivity index (χ1) is 13.8. The van der Waals surface area contributed by atoms with Crippen LogP contribution in [0.5, 0.6) is 0 Å². The molecule has 0 aromatic heterocycles. The van der Waals surface area contributed by atoms with Gasteiger partial charge in [0, 0.05) is 13.0 Å². The van der Waals surface area contributed by atoms with Crippen LogP contribution in [0.4, 0.5) is 0 Å². The van der Waals surface area contributed by atoms with Gasteiger partial charge in [0.2, 0.25) is 5.91 Å². The third kappa shape index (κ3) is 22.5. The lowest BCUT2D eigenvalue weighted by atomic mass is 10.1. The van der Waals surface area contributed by atoms with E-state index in [4.69, 9.17) is 4.55 Å². The predicted octanol–water partition coefficient (Wildman–Crippen LogP) is 4.11. The highest BCUT2D eigenvalue weighted by Crippen LogP contribution is 2.04. The van der Waals surface area contributed by atoms with Crippen molar-refractivity contribution in [3.63, 3.8) is 0 Å². The number of carbonyl (C=O) groups is 1. The molecule has 0 fully saturated rings. The fourth-order valence-electron chi connectivity index (χ4n) is 2.40. The quantitative estimate of drug-likeness (QED) is 0.140. The molecule has 1 amide bonds. The van der Waals surface area contributed by atoms with E-state index in [0.717, 1.165) is 44.9 Å². The van der Waals surface area contributed by atoms with Crippen molar-refractivity contribution in [3.05, 3.63) is 48.6 Å². The van der Waals surface area contributed by atoms with Gasteiger partial charge in [0.05, 0.1) is 11.9 Å². The summed E-state index contributed by atoms with van der Waals surface area (Å²) in [6.45, 7) is 2.08. The van der Waals surface area contributed by atoms with E-state index < -0.39 is 15.9 Å². The number of hydrogen-bond donors (Lipinski definition) is 3. The summed E-state index contributed by atoms with van der Waals surface area (Å²) in [4.78, 5) is 11.5. The largest absolute Gasteiger partial charge is 0.389 e. The topological polar surface area (TPSA) is 104 Å². The Morgan fingerprint density at radius 3 is 2.38 bits per heavy atom. The van der Waals surface area contributed by atoms with Crippen LogP contribution in [0.25, 0.3) is 0 Å². The molecule has 0 spiro atoms. The minimum Gasteiger partial charge on any atom is -0.389 e. The number of amides is 1. The number of unbranched alkanes of at least 4 members (excludes halogenated alkanes) is 3. The van der Waals surface area contributed by atoms with E-state index in [-0.39, 0.29) is 18.6 Å². The van der Waals surface area contributed by atoms with Gasteiger partial charge in [-0.15, -0.1) is 0 Å². The number of allylic oxidation sites excluding steroid dienone is 7. The third-order valence-electron chi connectivity index (χ3n) is 4.02. The van der Waals surface area contributed by atoms with Crippen LogP contribution in [-0.4, -0.2) is 42.4 Å². The smallest absolute Gasteiger partial charge is 0.266 e. The van der Waals surface area contributed by atoms with Gasteiger partial charge in [-0.05, 0) is 32.1 Å². The summed E-state index contributed by atoms with van der Waals surface area (Å²) in [5, 5.41) is 12.2. The molecule has 6 nitrogen and oxygen atoms in total. The Labute approximate surface area is 176 Å². The van der Waals surface area contributed by atoms with Gasteiger partial charge >= 0.3 is 0 Å². The van der Waals surface area contributed by atoms with Crippen molar-refractivity contribution < 1.29 is 22.9 Å². The molecule has 7 heteroatoms. The Balaban J connectivity index is 3.65. The maximum atomic E-state index is 11.5. The number of carbonyl (C=O) groups excluding carboxylic acids is 1. The summed E-state index contributed by atoms with van der Waals surface area (Å²) < 4.78 is 29.6. The molecule has 1 atom stereocenters. The van der Waals surface area contributed by atoms with Crippen molar-refractivity contribution in [2.45, 2.75) is 70.8 Å². The molecule has 0 aliphatic carbocycles. The molecule has 3 N–H and O–H groups in total. The van der Waals surface area contributed by atoms with Crippen LogP contribution in [0.15, 0.2) is 48.6 Å². The molecule has 0 saturated heterocycles. The lowest BCUT2D eigenvalue weighted by Gasteiger charge is -2.02. The van der Waals surface area contributed by atoms with E-state index in [2.05, 4.69) is 24.4 Å². The Morgan fingerprint density at radius 2 is 1.69 bits per heavy atom. The lowest BCUT2D eigenvalue weighted by Crippen LogP contribution is -2.28. The van der Waals surface area contributed by atoms with E-state index in [1.807, 2.05) is 36.5 Å². The van der Waals surface area contributed by atoms with Crippen LogP contribution in [-0.2, 0) is 14.9 Å². The molecule has 0 heterocycles. The second-order valence-electron chi connectivity index (χ2n) is 6.82. The molecule has 0 aliphatic heterocycles. The van der Waals surface area contributed by atoms with Gasteiger partial charge in [-0.3, -0.25) is 9.35 Å². The second-order valence-corrected chi connectivity index (χ2v) is 8.39. The highest BCUT2D eigenvalue weighted by atomic mass is 32.2. The van der Waals surface area contributed by atoms with Crippen LogP contribution in [0.2, 0.25) is 0 Å². The number of hydrogen-bond acceptors (Lipinski definition) is 4. The lowest BCUT2D eigenvalue weighted by molar-refractivity contribution is -0.121. The molecular weight excluding hydrogens is 390 g/mol. The fraction of sp³-hybridized carbons (Fsp3) is 0.591. The van der Waals surface area contributed by atoms with Gasteiger partial charge in [-0.25, -0.2) is 0 Å². The minimum atomic E-state index is -4.02. The van der Waals surface area contributed by atoms with E-state index in [9.17, 15) is 18.3 Å². The van der Waals surface area contributed by atoms with E-state index in [0.29, 0.717) is 12.8 Å². The fourth-order valence-corrected chi connectivity index (χ4v) is 2.76. The number of rotatable bonds is 17. The number of aliphatic hydroxyl groups excluding tert-OH is 1. The average Bonchev–Trinajstić information content (AvgIpc) is 2.64. The van der Waals surface area contributed by atoms with Gasteiger partial charge < -0.3 is 10.4 Å². The first-order valence-corrected chi connectivity index (χ1v) is 12.0. The normalized spacial score (nSPS) is 13.9. The summed E-state index contributed by atoms with van der Waals surface area (Å²) in [7, 11) is -4.02. The molecule has 29 heavy (non-hydrogen) atoms. The first kappa shape index (κ1) is 27.3. The molecule has 166 valence electrons. The van der Waals surface area contributed by atoms with Crippen LogP contribution in [0.3, 0.4) is 0 Å². The zero-order valence-electron chi connectivity index (χ0n) is 17.5. The van der Waals surface area contributed by atoms with Gasteiger partial charge in [0.1, 0.15) is 0 Å². The molecule has 0 rings (SSSR count). The Hall–Kier alpha value is -1.70. The van der Waals surface area contributed by atoms with Crippen LogP contribution < -0.4 is 5.32 Å². The van der Waals surface area contributed by atoms with Crippen molar-refractivity contribution >= 4 is 16.0 Å². The summed E-state index contributed by atoms with van der Waals surface area (Å²) in [6, 6.07) is 0. The summed E-state index contributed by atoms with van der Waals surface area (Å²) in [6.07, 6.45) is 23.3. The van der Waals surface area contributed by atoms with Crippen LogP contribution in [0, 0.1) is 0 Å². The monoisotopic (exact) mass is 427 g/mol. The molecular formula is C22H37NO5S. The van der Waals surface area contributed by atoms with Gasteiger partial charge in [0.15, 0.2) is 0 Å². The minimum absolute atomic E-state index is 0.0674. The van der Waals surface area contributed by atoms with Crippen molar-refractivity contribution in [2.24, 2.45) is 0 Å². The van der Waals surface area contributed by atoms with E-state index in [1.54, 1.807) is 0 Å². The summed E-state index contributed by atoms with van der Waals surface area (Å²) >= 11 is 0.